The summed E-state index contributed by atoms with van der Waals surface area (Å²) in [5, 5.41) is 12.2. The Balaban J connectivity index is 1.92. The SMILES string of the molecule is CCCNc1cnc(C(=O)N2CCC(CO)CC2)cn1. The highest BCUT2D eigenvalue weighted by Crippen LogP contribution is 2.17. The molecule has 1 aromatic rings. The smallest absolute Gasteiger partial charge is 0.274 e. The van der Waals surface area contributed by atoms with Crippen LogP contribution in [-0.4, -0.2) is 52.1 Å². The Kier molecular flexibility index (Phi) is 5.29. The van der Waals surface area contributed by atoms with Crippen molar-refractivity contribution in [3.63, 3.8) is 0 Å². The van der Waals surface area contributed by atoms with Crippen LogP contribution in [0.3, 0.4) is 0 Å². The number of amides is 1. The number of carbonyl (C=O) groups is 1. The van der Waals surface area contributed by atoms with Gasteiger partial charge in [-0.2, -0.15) is 0 Å². The van der Waals surface area contributed by atoms with Gasteiger partial charge in [0, 0.05) is 26.2 Å². The van der Waals surface area contributed by atoms with E-state index in [2.05, 4.69) is 22.2 Å². The highest BCUT2D eigenvalue weighted by Gasteiger charge is 2.24. The summed E-state index contributed by atoms with van der Waals surface area (Å²) in [5.74, 6) is 0.948. The van der Waals surface area contributed by atoms with Crippen LogP contribution in [0.5, 0.6) is 0 Å². The molecular weight excluding hydrogens is 256 g/mol. The highest BCUT2D eigenvalue weighted by atomic mass is 16.3. The third kappa shape index (κ3) is 3.66. The Morgan fingerprint density at radius 3 is 2.70 bits per heavy atom. The molecule has 110 valence electrons. The number of aliphatic hydroxyl groups is 1. The molecule has 2 N–H and O–H groups in total. The van der Waals surface area contributed by atoms with Crippen LogP contribution in [0.1, 0.15) is 36.7 Å². The van der Waals surface area contributed by atoms with E-state index >= 15 is 0 Å². The van der Waals surface area contributed by atoms with Crippen molar-refractivity contribution in [1.29, 1.82) is 0 Å². The van der Waals surface area contributed by atoms with E-state index in [0.29, 0.717) is 30.5 Å². The molecule has 0 spiro atoms. The molecule has 1 saturated heterocycles. The minimum Gasteiger partial charge on any atom is -0.396 e. The lowest BCUT2D eigenvalue weighted by atomic mass is 9.98. The van der Waals surface area contributed by atoms with Crippen molar-refractivity contribution >= 4 is 11.7 Å². The molecule has 0 aromatic carbocycles. The zero-order valence-corrected chi connectivity index (χ0v) is 11.9. The van der Waals surface area contributed by atoms with Crippen molar-refractivity contribution < 1.29 is 9.90 Å². The van der Waals surface area contributed by atoms with Crippen LogP contribution in [0.25, 0.3) is 0 Å². The van der Waals surface area contributed by atoms with Crippen LogP contribution in [0.4, 0.5) is 5.82 Å². The fourth-order valence-electron chi connectivity index (χ4n) is 2.26. The van der Waals surface area contributed by atoms with Gasteiger partial charge in [-0.15, -0.1) is 0 Å². The van der Waals surface area contributed by atoms with E-state index in [1.807, 2.05) is 0 Å². The maximum Gasteiger partial charge on any atom is 0.274 e. The molecule has 0 radical (unpaired) electrons. The van der Waals surface area contributed by atoms with E-state index < -0.39 is 0 Å². The van der Waals surface area contributed by atoms with Gasteiger partial charge in [0.15, 0.2) is 0 Å². The van der Waals surface area contributed by atoms with Crippen molar-refractivity contribution in [1.82, 2.24) is 14.9 Å². The van der Waals surface area contributed by atoms with Crippen LogP contribution < -0.4 is 5.32 Å². The number of hydrogen-bond acceptors (Lipinski definition) is 5. The van der Waals surface area contributed by atoms with Gasteiger partial charge in [0.1, 0.15) is 11.5 Å². The lowest BCUT2D eigenvalue weighted by molar-refractivity contribution is 0.0644. The van der Waals surface area contributed by atoms with E-state index in [-0.39, 0.29) is 12.5 Å². The summed E-state index contributed by atoms with van der Waals surface area (Å²) in [6, 6.07) is 0. The zero-order valence-electron chi connectivity index (χ0n) is 11.9. The average molecular weight is 278 g/mol. The number of likely N-dealkylation sites (tertiary alicyclic amines) is 1. The van der Waals surface area contributed by atoms with Gasteiger partial charge in [0.05, 0.1) is 12.4 Å². The predicted octanol–water partition coefficient (Wildman–Crippen LogP) is 1.14. The summed E-state index contributed by atoms with van der Waals surface area (Å²) in [7, 11) is 0. The third-order valence-corrected chi connectivity index (χ3v) is 3.59. The van der Waals surface area contributed by atoms with Gasteiger partial charge in [-0.25, -0.2) is 9.97 Å². The molecule has 20 heavy (non-hydrogen) atoms. The topological polar surface area (TPSA) is 78.4 Å². The lowest BCUT2D eigenvalue weighted by Gasteiger charge is -2.30. The van der Waals surface area contributed by atoms with Crippen molar-refractivity contribution in [2.45, 2.75) is 26.2 Å². The monoisotopic (exact) mass is 278 g/mol. The second kappa shape index (κ2) is 7.19. The van der Waals surface area contributed by atoms with Gasteiger partial charge in [-0.05, 0) is 25.2 Å². The molecule has 1 fully saturated rings. The number of piperidine rings is 1. The highest BCUT2D eigenvalue weighted by molar-refractivity contribution is 5.92. The van der Waals surface area contributed by atoms with Crippen LogP contribution >= 0.6 is 0 Å². The van der Waals surface area contributed by atoms with Crippen molar-refractivity contribution in [2.24, 2.45) is 5.92 Å². The van der Waals surface area contributed by atoms with Gasteiger partial charge in [-0.1, -0.05) is 6.92 Å². The summed E-state index contributed by atoms with van der Waals surface area (Å²) < 4.78 is 0. The van der Waals surface area contributed by atoms with Crippen molar-refractivity contribution in [3.8, 4) is 0 Å². The predicted molar refractivity (Wildman–Crippen MR) is 76.5 cm³/mol. The standard InChI is InChI=1S/C14H22N4O2/c1-2-5-15-13-9-16-12(8-17-13)14(20)18-6-3-11(10-19)4-7-18/h8-9,11,19H,2-7,10H2,1H3,(H,15,17). The number of hydrogen-bond donors (Lipinski definition) is 2. The van der Waals surface area contributed by atoms with Gasteiger partial charge >= 0.3 is 0 Å². The first-order chi connectivity index (χ1) is 9.74. The molecule has 0 atom stereocenters. The minimum absolute atomic E-state index is 0.0732. The molecule has 0 unspecified atom stereocenters. The summed E-state index contributed by atoms with van der Waals surface area (Å²) in [4.78, 5) is 22.4. The molecule has 6 heteroatoms. The maximum absolute atomic E-state index is 12.3. The van der Waals surface area contributed by atoms with Gasteiger partial charge in [0.2, 0.25) is 0 Å². The van der Waals surface area contributed by atoms with E-state index in [4.69, 9.17) is 5.11 Å². The summed E-state index contributed by atoms with van der Waals surface area (Å²) in [5.41, 5.74) is 0.384. The van der Waals surface area contributed by atoms with Crippen LogP contribution in [0, 0.1) is 5.92 Å². The van der Waals surface area contributed by atoms with Crippen molar-refractivity contribution in [2.75, 3.05) is 31.6 Å². The second-order valence-electron chi connectivity index (χ2n) is 5.13. The Labute approximate surface area is 119 Å². The summed E-state index contributed by atoms with van der Waals surface area (Å²) in [6.07, 6.45) is 5.85. The van der Waals surface area contributed by atoms with Gasteiger partial charge in [-0.3, -0.25) is 4.79 Å². The van der Waals surface area contributed by atoms with Gasteiger partial charge < -0.3 is 15.3 Å². The average Bonchev–Trinajstić information content (AvgIpc) is 2.53. The fraction of sp³-hybridized carbons (Fsp3) is 0.643. The summed E-state index contributed by atoms with van der Waals surface area (Å²) in [6.45, 7) is 4.49. The normalized spacial score (nSPS) is 16.2. The van der Waals surface area contributed by atoms with E-state index in [1.54, 1.807) is 11.1 Å². The molecule has 1 amide bonds. The first-order valence-electron chi connectivity index (χ1n) is 7.20. The second-order valence-corrected chi connectivity index (χ2v) is 5.13. The first kappa shape index (κ1) is 14.7. The molecular formula is C14H22N4O2. The van der Waals surface area contributed by atoms with E-state index in [0.717, 1.165) is 25.8 Å². The molecule has 6 nitrogen and oxygen atoms in total. The molecule has 1 aliphatic rings. The number of carbonyl (C=O) groups excluding carboxylic acids is 1. The maximum atomic E-state index is 12.3. The minimum atomic E-state index is -0.0732. The summed E-state index contributed by atoms with van der Waals surface area (Å²) >= 11 is 0. The van der Waals surface area contributed by atoms with Gasteiger partial charge in [0.25, 0.3) is 5.91 Å². The zero-order chi connectivity index (χ0) is 14.4. The quantitative estimate of drug-likeness (QED) is 0.844. The molecule has 0 aliphatic carbocycles. The number of anilines is 1. The van der Waals surface area contributed by atoms with E-state index in [1.165, 1.54) is 6.20 Å². The third-order valence-electron chi connectivity index (χ3n) is 3.59. The number of aliphatic hydroxyl groups excluding tert-OH is 1. The molecule has 1 aliphatic heterocycles. The number of nitrogens with one attached hydrogen (secondary N) is 1. The van der Waals surface area contributed by atoms with Crippen molar-refractivity contribution in [3.05, 3.63) is 18.1 Å². The Morgan fingerprint density at radius 2 is 2.15 bits per heavy atom. The Hall–Kier alpha value is -1.69. The molecule has 0 bridgehead atoms. The number of rotatable bonds is 5. The fourth-order valence-corrected chi connectivity index (χ4v) is 2.26. The van der Waals surface area contributed by atoms with Crippen LogP contribution in [-0.2, 0) is 0 Å². The van der Waals surface area contributed by atoms with Crippen LogP contribution in [0.15, 0.2) is 12.4 Å². The largest absolute Gasteiger partial charge is 0.396 e. The lowest BCUT2D eigenvalue weighted by Crippen LogP contribution is -2.39. The number of nitrogens with zero attached hydrogens (tertiary/aromatic N) is 3. The molecule has 0 saturated carbocycles. The van der Waals surface area contributed by atoms with Crippen LogP contribution in [0.2, 0.25) is 0 Å². The Morgan fingerprint density at radius 1 is 1.40 bits per heavy atom. The molecule has 2 rings (SSSR count). The number of aromatic nitrogens is 2. The Bertz CT molecular complexity index is 427. The first-order valence-corrected chi connectivity index (χ1v) is 7.20. The molecule has 1 aromatic heterocycles. The molecule has 2 heterocycles. The van der Waals surface area contributed by atoms with E-state index in [9.17, 15) is 4.79 Å².